The fourth-order valence-electron chi connectivity index (χ4n) is 2.23. The summed E-state index contributed by atoms with van der Waals surface area (Å²) in [6, 6.07) is 14.8. The van der Waals surface area contributed by atoms with Gasteiger partial charge in [-0.1, -0.05) is 41.9 Å². The summed E-state index contributed by atoms with van der Waals surface area (Å²) in [6.45, 7) is 3.47. The van der Waals surface area contributed by atoms with Crippen molar-refractivity contribution in [2.45, 2.75) is 19.9 Å². The van der Waals surface area contributed by atoms with Crippen LogP contribution in [0.3, 0.4) is 0 Å². The number of carbonyl (C=O) groups is 2. The Kier molecular flexibility index (Phi) is 6.21. The van der Waals surface area contributed by atoms with Gasteiger partial charge in [-0.15, -0.1) is 0 Å². The van der Waals surface area contributed by atoms with Crippen molar-refractivity contribution < 1.29 is 9.59 Å². The molecule has 2 aromatic carbocycles. The number of amides is 2. The standard InChI is InChI=1S/C18H20ClN3O2/c1-12(14-6-4-3-5-7-14)21-18(24)11-20-17-9-8-15(10-16(17)19)22-13(2)23/h3-10,12,20H,11H2,1-2H3,(H,21,24)(H,22,23)/t12-/m1/s1. The SMILES string of the molecule is CC(=O)Nc1ccc(NCC(=O)N[C@H](C)c2ccccc2)c(Cl)c1. The van der Waals surface area contributed by atoms with E-state index in [-0.39, 0.29) is 24.4 Å². The average molecular weight is 346 g/mol. The van der Waals surface area contributed by atoms with Crippen LogP contribution in [0.2, 0.25) is 5.02 Å². The third-order valence-electron chi connectivity index (χ3n) is 3.41. The van der Waals surface area contributed by atoms with Crippen molar-refractivity contribution in [2.75, 3.05) is 17.2 Å². The zero-order valence-electron chi connectivity index (χ0n) is 13.6. The summed E-state index contributed by atoms with van der Waals surface area (Å²) in [5.41, 5.74) is 2.29. The molecule has 6 heteroatoms. The Bertz CT molecular complexity index is 719. The predicted octanol–water partition coefficient (Wildman–Crippen LogP) is 3.59. The maximum Gasteiger partial charge on any atom is 0.239 e. The van der Waals surface area contributed by atoms with Crippen molar-refractivity contribution in [3.05, 3.63) is 59.1 Å². The quantitative estimate of drug-likeness (QED) is 0.749. The van der Waals surface area contributed by atoms with E-state index in [1.165, 1.54) is 6.92 Å². The Hall–Kier alpha value is -2.53. The van der Waals surface area contributed by atoms with Gasteiger partial charge in [0.15, 0.2) is 0 Å². The van der Waals surface area contributed by atoms with Crippen LogP contribution in [0.15, 0.2) is 48.5 Å². The molecule has 0 saturated heterocycles. The van der Waals surface area contributed by atoms with E-state index in [4.69, 9.17) is 11.6 Å². The molecule has 0 aromatic heterocycles. The van der Waals surface area contributed by atoms with Gasteiger partial charge in [-0.05, 0) is 30.7 Å². The lowest BCUT2D eigenvalue weighted by molar-refractivity contribution is -0.120. The van der Waals surface area contributed by atoms with Crippen LogP contribution in [-0.4, -0.2) is 18.4 Å². The predicted molar refractivity (Wildman–Crippen MR) is 97.2 cm³/mol. The van der Waals surface area contributed by atoms with Gasteiger partial charge in [-0.3, -0.25) is 9.59 Å². The monoisotopic (exact) mass is 345 g/mol. The number of rotatable bonds is 6. The number of hydrogen-bond donors (Lipinski definition) is 3. The largest absolute Gasteiger partial charge is 0.375 e. The number of carbonyl (C=O) groups excluding carboxylic acids is 2. The maximum atomic E-state index is 12.1. The molecule has 1 atom stereocenters. The molecule has 0 aliphatic heterocycles. The lowest BCUT2D eigenvalue weighted by atomic mass is 10.1. The second kappa shape index (κ2) is 8.36. The molecule has 2 rings (SSSR count). The van der Waals surface area contributed by atoms with Crippen LogP contribution in [0.5, 0.6) is 0 Å². The number of halogens is 1. The smallest absolute Gasteiger partial charge is 0.239 e. The first kappa shape index (κ1) is 17.8. The Morgan fingerprint density at radius 1 is 1.12 bits per heavy atom. The zero-order chi connectivity index (χ0) is 17.5. The van der Waals surface area contributed by atoms with Crippen LogP contribution in [0, 0.1) is 0 Å². The maximum absolute atomic E-state index is 12.1. The van der Waals surface area contributed by atoms with Crippen molar-refractivity contribution in [1.82, 2.24) is 5.32 Å². The van der Waals surface area contributed by atoms with Crippen molar-refractivity contribution in [1.29, 1.82) is 0 Å². The third-order valence-corrected chi connectivity index (χ3v) is 3.72. The van der Waals surface area contributed by atoms with E-state index < -0.39 is 0 Å². The fraction of sp³-hybridized carbons (Fsp3) is 0.222. The number of anilines is 2. The summed E-state index contributed by atoms with van der Waals surface area (Å²) in [5.74, 6) is -0.297. The van der Waals surface area contributed by atoms with Crippen LogP contribution in [-0.2, 0) is 9.59 Å². The lowest BCUT2D eigenvalue weighted by Gasteiger charge is -2.15. The molecule has 0 unspecified atom stereocenters. The third kappa shape index (κ3) is 5.28. The van der Waals surface area contributed by atoms with Gasteiger partial charge >= 0.3 is 0 Å². The molecule has 2 aromatic rings. The highest BCUT2D eigenvalue weighted by Gasteiger charge is 2.10. The summed E-state index contributed by atoms with van der Waals surface area (Å²) in [5, 5.41) is 9.00. The Balaban J connectivity index is 1.88. The molecule has 0 aliphatic rings. The molecule has 2 amide bonds. The second-order valence-corrected chi connectivity index (χ2v) is 5.84. The number of benzene rings is 2. The van der Waals surface area contributed by atoms with E-state index in [1.54, 1.807) is 18.2 Å². The minimum absolute atomic E-state index is 0.0712. The molecule has 0 radical (unpaired) electrons. The van der Waals surface area contributed by atoms with Gasteiger partial charge in [-0.25, -0.2) is 0 Å². The first-order valence-electron chi connectivity index (χ1n) is 7.61. The molecule has 0 aliphatic carbocycles. The zero-order valence-corrected chi connectivity index (χ0v) is 14.4. The van der Waals surface area contributed by atoms with Gasteiger partial charge in [0.05, 0.1) is 23.3 Å². The van der Waals surface area contributed by atoms with E-state index in [1.807, 2.05) is 37.3 Å². The van der Waals surface area contributed by atoms with Crippen LogP contribution >= 0.6 is 11.6 Å². The van der Waals surface area contributed by atoms with Gasteiger partial charge in [0.2, 0.25) is 11.8 Å². The Morgan fingerprint density at radius 3 is 2.46 bits per heavy atom. The Labute approximate surface area is 146 Å². The summed E-state index contributed by atoms with van der Waals surface area (Å²) < 4.78 is 0. The molecule has 0 heterocycles. The van der Waals surface area contributed by atoms with Gasteiger partial charge in [0.25, 0.3) is 0 Å². The molecular weight excluding hydrogens is 326 g/mol. The molecule has 3 N–H and O–H groups in total. The topological polar surface area (TPSA) is 70.2 Å². The molecule has 0 saturated carbocycles. The van der Waals surface area contributed by atoms with E-state index in [0.717, 1.165) is 5.56 Å². The summed E-state index contributed by atoms with van der Waals surface area (Å²) in [6.07, 6.45) is 0. The summed E-state index contributed by atoms with van der Waals surface area (Å²) in [7, 11) is 0. The molecular formula is C18H20ClN3O2. The number of nitrogens with one attached hydrogen (secondary N) is 3. The van der Waals surface area contributed by atoms with Crippen LogP contribution in [0.4, 0.5) is 11.4 Å². The van der Waals surface area contributed by atoms with Crippen molar-refractivity contribution in [3.8, 4) is 0 Å². The average Bonchev–Trinajstić information content (AvgIpc) is 2.54. The van der Waals surface area contributed by atoms with E-state index in [9.17, 15) is 9.59 Å². The lowest BCUT2D eigenvalue weighted by Crippen LogP contribution is -2.32. The number of hydrogen-bond acceptors (Lipinski definition) is 3. The van der Waals surface area contributed by atoms with Crippen molar-refractivity contribution >= 4 is 34.8 Å². The van der Waals surface area contributed by atoms with Gasteiger partial charge in [-0.2, -0.15) is 0 Å². The fourth-order valence-corrected chi connectivity index (χ4v) is 2.48. The van der Waals surface area contributed by atoms with E-state index >= 15 is 0 Å². The molecule has 5 nitrogen and oxygen atoms in total. The van der Waals surface area contributed by atoms with Gasteiger partial charge < -0.3 is 16.0 Å². The first-order valence-corrected chi connectivity index (χ1v) is 7.99. The van der Waals surface area contributed by atoms with Crippen LogP contribution in [0.25, 0.3) is 0 Å². The summed E-state index contributed by atoms with van der Waals surface area (Å²) in [4.78, 5) is 23.1. The first-order chi connectivity index (χ1) is 11.5. The van der Waals surface area contributed by atoms with Crippen molar-refractivity contribution in [2.24, 2.45) is 0 Å². The molecule has 126 valence electrons. The van der Waals surface area contributed by atoms with Gasteiger partial charge in [0, 0.05) is 12.6 Å². The molecule has 24 heavy (non-hydrogen) atoms. The molecule has 0 fully saturated rings. The summed E-state index contributed by atoms with van der Waals surface area (Å²) >= 11 is 6.15. The minimum Gasteiger partial charge on any atom is -0.375 e. The van der Waals surface area contributed by atoms with Crippen LogP contribution < -0.4 is 16.0 Å². The second-order valence-electron chi connectivity index (χ2n) is 5.43. The highest BCUT2D eigenvalue weighted by molar-refractivity contribution is 6.33. The normalized spacial score (nSPS) is 11.5. The molecule has 0 bridgehead atoms. The minimum atomic E-state index is -0.166. The van der Waals surface area contributed by atoms with Gasteiger partial charge in [0.1, 0.15) is 0 Å². The Morgan fingerprint density at radius 2 is 1.83 bits per heavy atom. The molecule has 0 spiro atoms. The van der Waals surface area contributed by atoms with Crippen LogP contribution in [0.1, 0.15) is 25.5 Å². The highest BCUT2D eigenvalue weighted by atomic mass is 35.5. The van der Waals surface area contributed by atoms with E-state index in [0.29, 0.717) is 16.4 Å². The highest BCUT2D eigenvalue weighted by Crippen LogP contribution is 2.25. The van der Waals surface area contributed by atoms with Crippen molar-refractivity contribution in [3.63, 3.8) is 0 Å². The van der Waals surface area contributed by atoms with E-state index in [2.05, 4.69) is 16.0 Å².